The Morgan fingerprint density at radius 2 is 2.00 bits per heavy atom. The number of allylic oxidation sites excluding steroid dienone is 4. The van der Waals surface area contributed by atoms with E-state index in [1.165, 1.54) is 12.2 Å². The van der Waals surface area contributed by atoms with Crippen LogP contribution in [0.25, 0.3) is 0 Å². The lowest BCUT2D eigenvalue weighted by atomic mass is 9.44. The quantitative estimate of drug-likeness (QED) is 0.662. The number of carbonyl (C=O) groups excluding carboxylic acids is 2. The number of fused-ring (bicyclic) bond motifs is 7. The van der Waals surface area contributed by atoms with Gasteiger partial charge in [0.15, 0.2) is 29.1 Å². The molecule has 4 aliphatic carbocycles. The Kier molecular flexibility index (Phi) is 5.12. The van der Waals surface area contributed by atoms with Crippen LogP contribution in [0.3, 0.4) is 0 Å². The highest BCUT2D eigenvalue weighted by molar-refractivity contribution is 6.01. The number of carbonyl (C=O) groups is 2. The number of Topliss-reactive ketones (excluding diaryl/α,β-unsaturated/α-hetero) is 1. The van der Waals surface area contributed by atoms with Gasteiger partial charge in [0.05, 0.1) is 12.2 Å². The second kappa shape index (κ2) is 7.26. The smallest absolute Gasteiger partial charge is 0.193 e. The van der Waals surface area contributed by atoms with Crippen molar-refractivity contribution < 1.29 is 38.1 Å². The van der Waals surface area contributed by atoms with Crippen LogP contribution in [-0.4, -0.2) is 64.3 Å². The summed E-state index contributed by atoms with van der Waals surface area (Å²) in [6, 6.07) is 0. The van der Waals surface area contributed by atoms with Gasteiger partial charge in [0, 0.05) is 16.7 Å². The van der Waals surface area contributed by atoms with Crippen molar-refractivity contribution in [1.82, 2.24) is 0 Å². The summed E-state index contributed by atoms with van der Waals surface area (Å²) >= 11 is 0. The van der Waals surface area contributed by atoms with Crippen molar-refractivity contribution in [3.05, 3.63) is 23.8 Å². The molecule has 0 aromatic rings. The largest absolute Gasteiger partial charge is 0.390 e. The molecule has 10 atom stereocenters. The van der Waals surface area contributed by atoms with Crippen LogP contribution in [0.5, 0.6) is 0 Å². The molecule has 1 saturated heterocycles. The van der Waals surface area contributed by atoms with Gasteiger partial charge in [-0.05, 0) is 56.3 Å². The fourth-order valence-electron chi connectivity index (χ4n) is 8.00. The first kappa shape index (κ1) is 23.3. The van der Waals surface area contributed by atoms with E-state index in [2.05, 4.69) is 0 Å². The standard InChI is InChI=1S/C25H32F2O6/c1-4-5-21-32-20-10-14-15-9-17(26)16-8-13(29)6-7-22(16,2)24(15,27)18(30)11-23(14,3)25(20,33-21)19(31)12-28/h6-8,14-15,17-18,20-21,28,30H,4-5,9-12H2,1-3H3/t14-,15-,17-,18-,20?,21?,22-,23-,24-,25+/m0/s1. The predicted molar refractivity (Wildman–Crippen MR) is 113 cm³/mol. The number of aliphatic hydroxyl groups excluding tert-OH is 2. The van der Waals surface area contributed by atoms with E-state index in [9.17, 15) is 19.8 Å². The Labute approximate surface area is 192 Å². The molecule has 3 saturated carbocycles. The van der Waals surface area contributed by atoms with Crippen LogP contribution < -0.4 is 0 Å². The van der Waals surface area contributed by atoms with Crippen molar-refractivity contribution in [1.29, 1.82) is 0 Å². The molecule has 2 N–H and O–H groups in total. The Morgan fingerprint density at radius 3 is 2.67 bits per heavy atom. The molecular formula is C25H32F2O6. The van der Waals surface area contributed by atoms with Gasteiger partial charge in [0.1, 0.15) is 12.8 Å². The molecule has 1 aliphatic heterocycles. The minimum atomic E-state index is -2.23. The number of alkyl halides is 2. The minimum absolute atomic E-state index is 0.0613. The third-order valence-corrected chi connectivity index (χ3v) is 9.50. The average Bonchev–Trinajstić information content (AvgIpc) is 3.24. The summed E-state index contributed by atoms with van der Waals surface area (Å²) in [4.78, 5) is 25.1. The minimum Gasteiger partial charge on any atom is -0.390 e. The van der Waals surface area contributed by atoms with Crippen LogP contribution in [0.2, 0.25) is 0 Å². The summed E-state index contributed by atoms with van der Waals surface area (Å²) < 4.78 is 45.0. The molecular weight excluding hydrogens is 434 g/mol. The van der Waals surface area contributed by atoms with Crippen LogP contribution >= 0.6 is 0 Å². The van der Waals surface area contributed by atoms with E-state index < -0.39 is 76.8 Å². The highest BCUT2D eigenvalue weighted by Crippen LogP contribution is 2.72. The number of aliphatic hydroxyl groups is 2. The third kappa shape index (κ3) is 2.61. The van der Waals surface area contributed by atoms with Gasteiger partial charge in [-0.1, -0.05) is 26.3 Å². The van der Waals surface area contributed by atoms with Crippen LogP contribution in [0.4, 0.5) is 8.78 Å². The fourth-order valence-corrected chi connectivity index (χ4v) is 8.00. The first-order valence-electron chi connectivity index (χ1n) is 11.9. The summed E-state index contributed by atoms with van der Waals surface area (Å²) in [5.74, 6) is -2.38. The highest BCUT2D eigenvalue weighted by Gasteiger charge is 2.79. The molecule has 33 heavy (non-hydrogen) atoms. The maximum Gasteiger partial charge on any atom is 0.193 e. The van der Waals surface area contributed by atoms with Gasteiger partial charge in [-0.25, -0.2) is 8.78 Å². The topological polar surface area (TPSA) is 93.1 Å². The molecule has 5 rings (SSSR count). The number of ketones is 2. The maximum atomic E-state index is 17.2. The van der Waals surface area contributed by atoms with Crippen LogP contribution in [0, 0.1) is 22.7 Å². The van der Waals surface area contributed by atoms with E-state index in [-0.39, 0.29) is 24.8 Å². The Hall–Kier alpha value is -1.48. The summed E-state index contributed by atoms with van der Waals surface area (Å²) in [7, 11) is 0. The van der Waals surface area contributed by atoms with Crippen molar-refractivity contribution in [2.45, 2.75) is 88.8 Å². The molecule has 0 aromatic heterocycles. The summed E-state index contributed by atoms with van der Waals surface area (Å²) in [6.45, 7) is 4.53. The monoisotopic (exact) mass is 466 g/mol. The van der Waals surface area contributed by atoms with Gasteiger partial charge in [0.2, 0.25) is 0 Å². The SMILES string of the molecule is CCCC1OC2C[C@H]3[C@@H]4C[C@H](F)C5=CC(=O)C=C[C@]5(C)[C@@]4(F)[C@@H](O)C[C@]3(C)[C@]2(C(=O)CO)O1. The first-order chi connectivity index (χ1) is 15.5. The van der Waals surface area contributed by atoms with E-state index in [0.29, 0.717) is 6.42 Å². The van der Waals surface area contributed by atoms with Crippen molar-refractivity contribution in [2.75, 3.05) is 6.61 Å². The Bertz CT molecular complexity index is 949. The zero-order valence-electron chi connectivity index (χ0n) is 19.2. The van der Waals surface area contributed by atoms with Gasteiger partial charge < -0.3 is 19.7 Å². The van der Waals surface area contributed by atoms with E-state index in [4.69, 9.17) is 9.47 Å². The van der Waals surface area contributed by atoms with Gasteiger partial charge in [0.25, 0.3) is 0 Å². The van der Waals surface area contributed by atoms with Gasteiger partial charge in [-0.2, -0.15) is 0 Å². The predicted octanol–water partition coefficient (Wildman–Crippen LogP) is 2.76. The molecule has 6 nitrogen and oxygen atoms in total. The lowest BCUT2D eigenvalue weighted by Crippen LogP contribution is -2.70. The molecule has 4 fully saturated rings. The van der Waals surface area contributed by atoms with E-state index in [1.807, 2.05) is 6.92 Å². The van der Waals surface area contributed by atoms with Crippen LogP contribution in [0.15, 0.2) is 23.8 Å². The molecule has 2 unspecified atom stereocenters. The Balaban J connectivity index is 1.62. The second-order valence-electron chi connectivity index (χ2n) is 10.9. The van der Waals surface area contributed by atoms with Crippen LogP contribution in [0.1, 0.15) is 52.9 Å². The third-order valence-electron chi connectivity index (χ3n) is 9.50. The van der Waals surface area contributed by atoms with E-state index in [0.717, 1.165) is 12.5 Å². The van der Waals surface area contributed by atoms with Crippen molar-refractivity contribution in [3.63, 3.8) is 0 Å². The highest BCUT2D eigenvalue weighted by atomic mass is 19.1. The maximum absolute atomic E-state index is 17.2. The number of rotatable bonds is 4. The van der Waals surface area contributed by atoms with E-state index >= 15 is 8.78 Å². The summed E-state index contributed by atoms with van der Waals surface area (Å²) in [5, 5.41) is 21.2. The van der Waals surface area contributed by atoms with Crippen molar-refractivity contribution in [2.24, 2.45) is 22.7 Å². The molecule has 0 radical (unpaired) electrons. The van der Waals surface area contributed by atoms with Crippen molar-refractivity contribution >= 4 is 11.6 Å². The average molecular weight is 467 g/mol. The molecule has 5 aliphatic rings. The molecule has 8 heteroatoms. The summed E-state index contributed by atoms with van der Waals surface area (Å²) in [5.41, 5.74) is -6.22. The zero-order valence-corrected chi connectivity index (χ0v) is 19.2. The number of halogens is 2. The first-order valence-corrected chi connectivity index (χ1v) is 11.9. The lowest BCUT2D eigenvalue weighted by molar-refractivity contribution is -0.234. The number of ether oxygens (including phenoxy) is 2. The van der Waals surface area contributed by atoms with Gasteiger partial charge in [-0.3, -0.25) is 9.59 Å². The normalized spacial score (nSPS) is 52.6. The Morgan fingerprint density at radius 1 is 1.27 bits per heavy atom. The molecule has 0 amide bonds. The lowest BCUT2D eigenvalue weighted by Gasteiger charge is -2.63. The molecule has 0 bridgehead atoms. The van der Waals surface area contributed by atoms with Gasteiger partial charge >= 0.3 is 0 Å². The van der Waals surface area contributed by atoms with E-state index in [1.54, 1.807) is 13.8 Å². The number of hydrogen-bond acceptors (Lipinski definition) is 6. The molecule has 1 heterocycles. The molecule has 0 aromatic carbocycles. The summed E-state index contributed by atoms with van der Waals surface area (Å²) in [6.07, 6.45) is 0.682. The van der Waals surface area contributed by atoms with Gasteiger partial charge in [-0.15, -0.1) is 0 Å². The van der Waals surface area contributed by atoms with Crippen molar-refractivity contribution in [3.8, 4) is 0 Å². The zero-order chi connectivity index (χ0) is 24.0. The molecule has 0 spiro atoms. The van der Waals surface area contributed by atoms with Crippen LogP contribution in [-0.2, 0) is 19.1 Å². The second-order valence-corrected chi connectivity index (χ2v) is 10.9. The fraction of sp³-hybridized carbons (Fsp3) is 0.760. The molecule has 182 valence electrons. The number of hydrogen-bond donors (Lipinski definition) is 2.